The third-order valence-corrected chi connectivity index (χ3v) is 5.46. The molecule has 144 valence electrons. The number of amides is 2. The average Bonchev–Trinajstić information content (AvgIpc) is 3.02. The molecular formula is C18H19F2N3O3S. The highest BCUT2D eigenvalue weighted by atomic mass is 32.2. The summed E-state index contributed by atoms with van der Waals surface area (Å²) in [4.78, 5) is 14.0. The van der Waals surface area contributed by atoms with E-state index in [1.807, 2.05) is 0 Å². The Labute approximate surface area is 156 Å². The Morgan fingerprint density at radius 3 is 2.63 bits per heavy atom. The monoisotopic (exact) mass is 395 g/mol. The minimum Gasteiger partial charge on any atom is -0.367 e. The van der Waals surface area contributed by atoms with Crippen molar-refractivity contribution < 1.29 is 22.0 Å². The summed E-state index contributed by atoms with van der Waals surface area (Å²) in [5.41, 5.74) is 0.473. The van der Waals surface area contributed by atoms with Crippen LogP contribution in [0.1, 0.15) is 6.42 Å². The van der Waals surface area contributed by atoms with E-state index in [4.69, 9.17) is 0 Å². The van der Waals surface area contributed by atoms with Crippen molar-refractivity contribution in [1.82, 2.24) is 5.32 Å². The zero-order chi connectivity index (χ0) is 19.6. The first-order valence-corrected chi connectivity index (χ1v) is 10.2. The highest BCUT2D eigenvalue weighted by Gasteiger charge is 2.26. The summed E-state index contributed by atoms with van der Waals surface area (Å²) in [6.07, 6.45) is 1.65. The third-order valence-electron chi connectivity index (χ3n) is 4.31. The van der Waals surface area contributed by atoms with Crippen LogP contribution in [0.4, 0.5) is 25.0 Å². The molecule has 1 fully saturated rings. The van der Waals surface area contributed by atoms with Crippen molar-refractivity contribution in [3.63, 3.8) is 0 Å². The van der Waals surface area contributed by atoms with E-state index in [1.54, 1.807) is 17.0 Å². The van der Waals surface area contributed by atoms with Crippen LogP contribution in [0.2, 0.25) is 0 Å². The molecule has 3 rings (SSSR count). The molecule has 27 heavy (non-hydrogen) atoms. The van der Waals surface area contributed by atoms with Crippen molar-refractivity contribution in [2.24, 2.45) is 0 Å². The summed E-state index contributed by atoms with van der Waals surface area (Å²) in [7, 11) is -3.48. The molecule has 1 aliphatic heterocycles. The van der Waals surface area contributed by atoms with Gasteiger partial charge in [-0.15, -0.1) is 0 Å². The quantitative estimate of drug-likeness (QED) is 0.835. The van der Waals surface area contributed by atoms with Gasteiger partial charge in [0.05, 0.1) is 16.3 Å². The zero-order valence-electron chi connectivity index (χ0n) is 14.6. The van der Waals surface area contributed by atoms with E-state index in [-0.39, 0.29) is 22.3 Å². The van der Waals surface area contributed by atoms with E-state index in [0.717, 1.165) is 12.3 Å². The van der Waals surface area contributed by atoms with Gasteiger partial charge in [-0.1, -0.05) is 12.1 Å². The molecule has 1 atom stereocenters. The number of urea groups is 1. The van der Waals surface area contributed by atoms with Crippen molar-refractivity contribution in [3.05, 3.63) is 54.1 Å². The smallest absolute Gasteiger partial charge is 0.319 e. The Kier molecular flexibility index (Phi) is 5.31. The number of nitrogens with zero attached hydrogens (tertiary/aromatic N) is 1. The number of nitrogens with one attached hydrogen (secondary N) is 2. The standard InChI is InChI=1S/C18H19F2N3O3S/c1-27(25,26)17-5-3-2-4-15(17)22-18(24)21-13-8-9-23(11-13)16-7-6-12(19)10-14(16)20/h2-7,10,13H,8-9,11H2,1H3,(H2,21,22,24). The van der Waals surface area contributed by atoms with Gasteiger partial charge in [0.25, 0.3) is 0 Å². The van der Waals surface area contributed by atoms with Gasteiger partial charge in [-0.3, -0.25) is 0 Å². The fourth-order valence-corrected chi connectivity index (χ4v) is 3.92. The lowest BCUT2D eigenvalue weighted by Crippen LogP contribution is -2.40. The Morgan fingerprint density at radius 1 is 1.19 bits per heavy atom. The van der Waals surface area contributed by atoms with E-state index >= 15 is 0 Å². The lowest BCUT2D eigenvalue weighted by molar-refractivity contribution is 0.249. The molecular weight excluding hydrogens is 376 g/mol. The number of hydrogen-bond acceptors (Lipinski definition) is 4. The number of para-hydroxylation sites is 1. The van der Waals surface area contributed by atoms with Crippen molar-refractivity contribution in [2.45, 2.75) is 17.4 Å². The van der Waals surface area contributed by atoms with Crippen LogP contribution in [-0.2, 0) is 9.84 Å². The molecule has 1 unspecified atom stereocenters. The maximum absolute atomic E-state index is 13.9. The van der Waals surface area contributed by atoms with Crippen LogP contribution >= 0.6 is 0 Å². The first-order chi connectivity index (χ1) is 12.7. The maximum atomic E-state index is 13.9. The summed E-state index contributed by atoms with van der Waals surface area (Å²) in [6, 6.07) is 8.71. The minimum absolute atomic E-state index is 0.0292. The number of carbonyl (C=O) groups is 1. The Hall–Kier alpha value is -2.68. The third kappa shape index (κ3) is 4.54. The van der Waals surface area contributed by atoms with Crippen LogP contribution in [0.3, 0.4) is 0 Å². The van der Waals surface area contributed by atoms with Crippen molar-refractivity contribution in [2.75, 3.05) is 29.6 Å². The minimum atomic E-state index is -3.48. The summed E-state index contributed by atoms with van der Waals surface area (Å²) >= 11 is 0. The fraction of sp³-hybridized carbons (Fsp3) is 0.278. The van der Waals surface area contributed by atoms with E-state index in [0.29, 0.717) is 19.5 Å². The molecule has 0 aromatic heterocycles. The predicted octanol–water partition coefficient (Wildman–Crippen LogP) is 2.77. The topological polar surface area (TPSA) is 78.5 Å². The number of benzene rings is 2. The molecule has 1 heterocycles. The van der Waals surface area contributed by atoms with Crippen LogP contribution in [0, 0.1) is 11.6 Å². The Morgan fingerprint density at radius 2 is 1.93 bits per heavy atom. The molecule has 0 radical (unpaired) electrons. The largest absolute Gasteiger partial charge is 0.367 e. The molecule has 2 N–H and O–H groups in total. The molecule has 9 heteroatoms. The number of anilines is 2. The molecule has 2 amide bonds. The van der Waals surface area contributed by atoms with Gasteiger partial charge >= 0.3 is 6.03 Å². The maximum Gasteiger partial charge on any atom is 0.319 e. The summed E-state index contributed by atoms with van der Waals surface area (Å²) in [6.45, 7) is 0.872. The normalized spacial score (nSPS) is 17.0. The highest BCUT2D eigenvalue weighted by molar-refractivity contribution is 7.90. The molecule has 0 bridgehead atoms. The van der Waals surface area contributed by atoms with Crippen LogP contribution in [0.15, 0.2) is 47.4 Å². The van der Waals surface area contributed by atoms with E-state index < -0.39 is 27.5 Å². The van der Waals surface area contributed by atoms with Crippen LogP contribution in [-0.4, -0.2) is 39.8 Å². The van der Waals surface area contributed by atoms with Crippen LogP contribution in [0.25, 0.3) is 0 Å². The lowest BCUT2D eigenvalue weighted by Gasteiger charge is -2.20. The molecule has 1 saturated heterocycles. The number of sulfone groups is 1. The molecule has 1 aliphatic rings. The molecule has 0 aliphatic carbocycles. The summed E-state index contributed by atoms with van der Waals surface area (Å²) in [5, 5.41) is 5.30. The van der Waals surface area contributed by atoms with Crippen molar-refractivity contribution in [3.8, 4) is 0 Å². The van der Waals surface area contributed by atoms with Gasteiger partial charge in [0.1, 0.15) is 11.6 Å². The van der Waals surface area contributed by atoms with E-state index in [2.05, 4.69) is 10.6 Å². The molecule has 0 saturated carbocycles. The van der Waals surface area contributed by atoms with Gasteiger partial charge in [-0.05, 0) is 30.7 Å². The zero-order valence-corrected chi connectivity index (χ0v) is 15.4. The van der Waals surface area contributed by atoms with Gasteiger partial charge in [-0.2, -0.15) is 0 Å². The fourth-order valence-electron chi connectivity index (χ4n) is 3.07. The van der Waals surface area contributed by atoms with Crippen LogP contribution < -0.4 is 15.5 Å². The van der Waals surface area contributed by atoms with E-state index in [9.17, 15) is 22.0 Å². The van der Waals surface area contributed by atoms with Gasteiger partial charge < -0.3 is 15.5 Å². The number of carbonyl (C=O) groups excluding carboxylic acids is 1. The van der Waals surface area contributed by atoms with Gasteiger partial charge in [0, 0.05) is 31.5 Å². The second-order valence-electron chi connectivity index (χ2n) is 6.39. The van der Waals surface area contributed by atoms with Gasteiger partial charge in [-0.25, -0.2) is 22.0 Å². The van der Waals surface area contributed by atoms with Gasteiger partial charge in [0.2, 0.25) is 0 Å². The van der Waals surface area contributed by atoms with Crippen molar-refractivity contribution in [1.29, 1.82) is 0 Å². The van der Waals surface area contributed by atoms with E-state index in [1.165, 1.54) is 24.3 Å². The Bertz CT molecular complexity index is 966. The lowest BCUT2D eigenvalue weighted by atomic mass is 10.2. The molecule has 2 aromatic carbocycles. The molecule has 2 aromatic rings. The van der Waals surface area contributed by atoms with Crippen LogP contribution in [0.5, 0.6) is 0 Å². The summed E-state index contributed by atoms with van der Waals surface area (Å²) < 4.78 is 50.5. The second kappa shape index (κ2) is 7.51. The number of rotatable bonds is 4. The number of hydrogen-bond donors (Lipinski definition) is 2. The SMILES string of the molecule is CS(=O)(=O)c1ccccc1NC(=O)NC1CCN(c2ccc(F)cc2F)C1. The summed E-state index contributed by atoms with van der Waals surface area (Å²) in [5.74, 6) is -1.30. The second-order valence-corrected chi connectivity index (χ2v) is 8.38. The highest BCUT2D eigenvalue weighted by Crippen LogP contribution is 2.25. The predicted molar refractivity (Wildman–Crippen MR) is 98.7 cm³/mol. The first-order valence-electron chi connectivity index (χ1n) is 8.30. The molecule has 6 nitrogen and oxygen atoms in total. The Balaban J connectivity index is 1.63. The first kappa shape index (κ1) is 19.1. The van der Waals surface area contributed by atoms with Crippen molar-refractivity contribution >= 4 is 27.2 Å². The molecule has 0 spiro atoms. The van der Waals surface area contributed by atoms with Gasteiger partial charge in [0.15, 0.2) is 9.84 Å². The average molecular weight is 395 g/mol. The number of halogens is 2.